The molecule has 1 saturated heterocycles. The molecule has 120 valence electrons. The first-order valence-electron chi connectivity index (χ1n) is 7.92. The molecule has 1 aliphatic heterocycles. The maximum atomic E-state index is 11.6. The second-order valence-corrected chi connectivity index (χ2v) is 7.05. The van der Waals surface area contributed by atoms with Crippen LogP contribution in [-0.4, -0.2) is 34.9 Å². The van der Waals surface area contributed by atoms with Crippen LogP contribution in [0.2, 0.25) is 0 Å². The van der Waals surface area contributed by atoms with Crippen LogP contribution < -0.4 is 0 Å². The van der Waals surface area contributed by atoms with Crippen molar-refractivity contribution in [1.82, 2.24) is 4.90 Å². The molecule has 22 heavy (non-hydrogen) atoms. The highest BCUT2D eigenvalue weighted by atomic mass is 79.9. The summed E-state index contributed by atoms with van der Waals surface area (Å²) in [6.45, 7) is 6.06. The molecule has 0 spiro atoms. The van der Waals surface area contributed by atoms with Gasteiger partial charge in [-0.2, -0.15) is 0 Å². The zero-order valence-corrected chi connectivity index (χ0v) is 14.9. The fourth-order valence-electron chi connectivity index (χ4n) is 2.94. The molecule has 1 aromatic carbocycles. The van der Waals surface area contributed by atoms with Gasteiger partial charge in [-0.3, -0.25) is 9.69 Å². The highest BCUT2D eigenvalue weighted by molar-refractivity contribution is 9.10. The average molecular weight is 366 g/mol. The molecule has 3 nitrogen and oxygen atoms in total. The van der Waals surface area contributed by atoms with Crippen molar-refractivity contribution in [2.45, 2.75) is 37.1 Å². The highest BCUT2D eigenvalue weighted by Crippen LogP contribution is 2.49. The Labute approximate surface area is 141 Å². The number of halogens is 1. The molecule has 0 amide bonds. The summed E-state index contributed by atoms with van der Waals surface area (Å²) in [5.41, 5.74) is 1.27. The van der Waals surface area contributed by atoms with Gasteiger partial charge < -0.3 is 4.74 Å². The smallest absolute Gasteiger partial charge is 0.307 e. The van der Waals surface area contributed by atoms with Gasteiger partial charge in [0.05, 0.1) is 23.4 Å². The Hall–Kier alpha value is -1.13. The van der Waals surface area contributed by atoms with E-state index in [9.17, 15) is 4.79 Å². The minimum atomic E-state index is -0.120. The standard InChI is InChI=1S/C18H24BrNO2/c1-3-5-12-18(19)14-20(13-11-16(21)22-4-2)17(18)15-9-7-6-8-10-15/h5-10,12,17H,3-4,11,13-14H2,1-2H3/b12-5+/t17-,18-/m1/s1. The van der Waals surface area contributed by atoms with E-state index in [-0.39, 0.29) is 16.3 Å². The van der Waals surface area contributed by atoms with E-state index in [2.05, 4.69) is 64.2 Å². The molecule has 0 aromatic heterocycles. The quantitative estimate of drug-likeness (QED) is 0.414. The lowest BCUT2D eigenvalue weighted by Gasteiger charge is -2.53. The number of hydrogen-bond acceptors (Lipinski definition) is 3. The van der Waals surface area contributed by atoms with Crippen LogP contribution in [0.3, 0.4) is 0 Å². The molecule has 1 aliphatic rings. The third kappa shape index (κ3) is 3.99. The van der Waals surface area contributed by atoms with E-state index in [4.69, 9.17) is 4.74 Å². The molecular formula is C18H24BrNO2. The third-order valence-corrected chi connectivity index (χ3v) is 4.87. The number of allylic oxidation sites excluding steroid dienone is 1. The van der Waals surface area contributed by atoms with Crippen LogP contribution in [0.25, 0.3) is 0 Å². The van der Waals surface area contributed by atoms with E-state index in [1.54, 1.807) is 0 Å². The topological polar surface area (TPSA) is 29.5 Å². The van der Waals surface area contributed by atoms with E-state index >= 15 is 0 Å². The molecule has 1 fully saturated rings. The van der Waals surface area contributed by atoms with Crippen LogP contribution in [0.1, 0.15) is 38.3 Å². The number of carbonyl (C=O) groups is 1. The van der Waals surface area contributed by atoms with Gasteiger partial charge in [-0.1, -0.05) is 65.3 Å². The van der Waals surface area contributed by atoms with Crippen LogP contribution in [-0.2, 0) is 9.53 Å². The monoisotopic (exact) mass is 365 g/mol. The lowest BCUT2D eigenvalue weighted by atomic mass is 9.82. The Morgan fingerprint density at radius 2 is 2.14 bits per heavy atom. The second kappa shape index (κ2) is 7.93. The Kier molecular flexibility index (Phi) is 6.21. The summed E-state index contributed by atoms with van der Waals surface area (Å²) >= 11 is 3.91. The predicted octanol–water partition coefficient (Wildman–Crippen LogP) is 4.10. The zero-order chi connectivity index (χ0) is 16.0. The summed E-state index contributed by atoms with van der Waals surface area (Å²) < 4.78 is 4.98. The number of alkyl halides is 1. The Balaban J connectivity index is 2.08. The summed E-state index contributed by atoms with van der Waals surface area (Å²) in [4.78, 5) is 13.9. The van der Waals surface area contributed by atoms with Crippen LogP contribution >= 0.6 is 15.9 Å². The van der Waals surface area contributed by atoms with Gasteiger partial charge in [0.2, 0.25) is 0 Å². The van der Waals surface area contributed by atoms with Gasteiger partial charge in [-0.15, -0.1) is 0 Å². The van der Waals surface area contributed by atoms with Crippen molar-refractivity contribution >= 4 is 21.9 Å². The molecular weight excluding hydrogens is 342 g/mol. The summed E-state index contributed by atoms with van der Waals surface area (Å²) in [5.74, 6) is -0.120. The summed E-state index contributed by atoms with van der Waals surface area (Å²) in [5, 5.41) is 0. The third-order valence-electron chi connectivity index (χ3n) is 3.92. The number of rotatable bonds is 7. The van der Waals surface area contributed by atoms with E-state index in [1.165, 1.54) is 5.56 Å². The molecule has 0 N–H and O–H groups in total. The molecule has 2 rings (SSSR count). The maximum absolute atomic E-state index is 11.6. The molecule has 1 aromatic rings. The average Bonchev–Trinajstić information content (AvgIpc) is 2.50. The minimum Gasteiger partial charge on any atom is -0.466 e. The summed E-state index contributed by atoms with van der Waals surface area (Å²) in [6, 6.07) is 10.7. The van der Waals surface area contributed by atoms with Crippen LogP contribution in [0, 0.1) is 0 Å². The van der Waals surface area contributed by atoms with Gasteiger partial charge in [0.1, 0.15) is 0 Å². The number of benzene rings is 1. The first kappa shape index (κ1) is 17.2. The lowest BCUT2D eigenvalue weighted by Crippen LogP contribution is -2.59. The molecule has 0 radical (unpaired) electrons. The minimum absolute atomic E-state index is 0.0426. The number of ether oxygens (including phenoxy) is 1. The van der Waals surface area contributed by atoms with Crippen molar-refractivity contribution in [1.29, 1.82) is 0 Å². The van der Waals surface area contributed by atoms with E-state index in [1.807, 2.05) is 13.0 Å². The van der Waals surface area contributed by atoms with Crippen molar-refractivity contribution in [2.75, 3.05) is 19.7 Å². The van der Waals surface area contributed by atoms with Crippen molar-refractivity contribution in [3.05, 3.63) is 48.0 Å². The van der Waals surface area contributed by atoms with E-state index in [0.29, 0.717) is 13.0 Å². The van der Waals surface area contributed by atoms with Gasteiger partial charge in [0.15, 0.2) is 0 Å². The van der Waals surface area contributed by atoms with Crippen molar-refractivity contribution in [2.24, 2.45) is 0 Å². The Morgan fingerprint density at radius 1 is 1.41 bits per heavy atom. The van der Waals surface area contributed by atoms with Gasteiger partial charge in [-0.25, -0.2) is 0 Å². The highest BCUT2D eigenvalue weighted by Gasteiger charge is 2.49. The number of likely N-dealkylation sites (tertiary alicyclic amines) is 1. The van der Waals surface area contributed by atoms with Gasteiger partial charge in [0, 0.05) is 13.1 Å². The zero-order valence-electron chi connectivity index (χ0n) is 13.3. The Bertz CT molecular complexity index is 517. The predicted molar refractivity (Wildman–Crippen MR) is 93.1 cm³/mol. The van der Waals surface area contributed by atoms with E-state index < -0.39 is 0 Å². The SMILES string of the molecule is CC/C=C/[C@@]1(Br)CN(CCC(=O)OCC)[C@@H]1c1ccccc1. The van der Waals surface area contributed by atoms with Gasteiger partial charge >= 0.3 is 5.97 Å². The number of hydrogen-bond donors (Lipinski definition) is 0. The second-order valence-electron chi connectivity index (χ2n) is 5.58. The van der Waals surface area contributed by atoms with E-state index in [0.717, 1.165) is 19.5 Å². The van der Waals surface area contributed by atoms with Crippen LogP contribution in [0.5, 0.6) is 0 Å². The first-order valence-corrected chi connectivity index (χ1v) is 8.71. The molecule has 2 atom stereocenters. The van der Waals surface area contributed by atoms with Gasteiger partial charge in [0.25, 0.3) is 0 Å². The van der Waals surface area contributed by atoms with Crippen molar-refractivity contribution in [3.8, 4) is 0 Å². The first-order chi connectivity index (χ1) is 10.6. The number of carbonyl (C=O) groups excluding carboxylic acids is 1. The normalized spacial score (nSPS) is 25.1. The largest absolute Gasteiger partial charge is 0.466 e. The van der Waals surface area contributed by atoms with Crippen LogP contribution in [0.15, 0.2) is 42.5 Å². The maximum Gasteiger partial charge on any atom is 0.307 e. The van der Waals surface area contributed by atoms with Crippen molar-refractivity contribution < 1.29 is 9.53 Å². The van der Waals surface area contributed by atoms with Crippen molar-refractivity contribution in [3.63, 3.8) is 0 Å². The lowest BCUT2D eigenvalue weighted by molar-refractivity contribution is -0.144. The van der Waals surface area contributed by atoms with Gasteiger partial charge in [-0.05, 0) is 18.9 Å². The molecule has 0 bridgehead atoms. The Morgan fingerprint density at radius 3 is 2.77 bits per heavy atom. The molecule has 1 heterocycles. The fourth-order valence-corrected chi connectivity index (χ4v) is 4.00. The fraction of sp³-hybridized carbons (Fsp3) is 0.500. The summed E-state index contributed by atoms with van der Waals surface area (Å²) in [6.07, 6.45) is 5.92. The molecule has 0 saturated carbocycles. The number of nitrogens with zero attached hydrogens (tertiary/aromatic N) is 1. The number of esters is 1. The molecule has 4 heteroatoms. The van der Waals surface area contributed by atoms with Crippen LogP contribution in [0.4, 0.5) is 0 Å². The molecule has 0 unspecified atom stereocenters. The summed E-state index contributed by atoms with van der Waals surface area (Å²) in [7, 11) is 0. The molecule has 0 aliphatic carbocycles.